The summed E-state index contributed by atoms with van der Waals surface area (Å²) in [4.78, 5) is 2.33. The molecule has 114 valence electrons. The minimum absolute atomic E-state index is 0.261. The molecule has 0 atom stereocenters. The van der Waals surface area contributed by atoms with Gasteiger partial charge < -0.3 is 10.0 Å². The van der Waals surface area contributed by atoms with Gasteiger partial charge >= 0.3 is 0 Å². The summed E-state index contributed by atoms with van der Waals surface area (Å²) in [5, 5.41) is 16.7. The molecule has 22 heavy (non-hydrogen) atoms. The van der Waals surface area contributed by atoms with E-state index in [0.29, 0.717) is 0 Å². The van der Waals surface area contributed by atoms with E-state index in [2.05, 4.69) is 15.0 Å². The summed E-state index contributed by atoms with van der Waals surface area (Å²) >= 11 is 5.92. The van der Waals surface area contributed by atoms with Gasteiger partial charge in [0.15, 0.2) is 0 Å². The van der Waals surface area contributed by atoms with Crippen molar-refractivity contribution in [2.75, 3.05) is 31.1 Å². The normalized spacial score (nSPS) is 15.5. The molecule has 1 aliphatic rings. The van der Waals surface area contributed by atoms with Crippen molar-refractivity contribution in [1.29, 1.82) is 0 Å². The van der Waals surface area contributed by atoms with Crippen LogP contribution in [0.15, 0.2) is 53.6 Å². The zero-order valence-electron chi connectivity index (χ0n) is 12.2. The molecule has 0 aliphatic carbocycles. The van der Waals surface area contributed by atoms with Crippen molar-refractivity contribution in [3.8, 4) is 5.75 Å². The van der Waals surface area contributed by atoms with Gasteiger partial charge in [-0.2, -0.15) is 5.10 Å². The second-order valence-corrected chi connectivity index (χ2v) is 5.69. The first-order chi connectivity index (χ1) is 10.7. The minimum atomic E-state index is 0.261. The number of hydrogen-bond donors (Lipinski definition) is 1. The fourth-order valence-corrected chi connectivity index (χ4v) is 2.60. The number of aromatic hydroxyl groups is 1. The molecule has 1 aliphatic heterocycles. The number of hydrogen-bond acceptors (Lipinski definition) is 4. The van der Waals surface area contributed by atoms with Crippen LogP contribution in [0, 0.1) is 0 Å². The molecule has 4 nitrogen and oxygen atoms in total. The highest BCUT2D eigenvalue weighted by molar-refractivity contribution is 6.30. The van der Waals surface area contributed by atoms with Crippen LogP contribution in [0.3, 0.4) is 0 Å². The highest BCUT2D eigenvalue weighted by atomic mass is 35.5. The molecule has 1 N–H and O–H groups in total. The maximum Gasteiger partial charge on any atom is 0.116 e. The molecule has 5 heteroatoms. The van der Waals surface area contributed by atoms with Crippen LogP contribution >= 0.6 is 11.6 Å². The molecule has 3 rings (SSSR count). The monoisotopic (exact) mass is 315 g/mol. The van der Waals surface area contributed by atoms with Crippen LogP contribution in [-0.2, 0) is 0 Å². The third-order valence-corrected chi connectivity index (χ3v) is 3.94. The Morgan fingerprint density at radius 2 is 1.73 bits per heavy atom. The van der Waals surface area contributed by atoms with Crippen LogP contribution in [0.4, 0.5) is 5.69 Å². The Bertz CT molecular complexity index is 649. The van der Waals surface area contributed by atoms with Gasteiger partial charge in [-0.1, -0.05) is 23.7 Å². The number of halogens is 1. The standard InChI is InChI=1S/C17H18ClN3O/c18-15-4-6-16(7-5-15)20-8-10-21(11-9-20)19-13-14-2-1-3-17(22)12-14/h1-7,12-13,22H,8-11H2. The number of rotatable bonds is 3. The SMILES string of the molecule is Oc1cccc(C=NN2CCN(c3ccc(Cl)cc3)CC2)c1. The van der Waals surface area contributed by atoms with E-state index in [9.17, 15) is 5.11 Å². The predicted octanol–water partition coefficient (Wildman–Crippen LogP) is 3.20. The molecule has 0 aromatic heterocycles. The number of phenols is 1. The van der Waals surface area contributed by atoms with Crippen molar-refractivity contribution in [2.24, 2.45) is 5.10 Å². The molecule has 1 saturated heterocycles. The van der Waals surface area contributed by atoms with Crippen molar-refractivity contribution in [1.82, 2.24) is 5.01 Å². The lowest BCUT2D eigenvalue weighted by Gasteiger charge is -2.34. The van der Waals surface area contributed by atoms with E-state index in [0.717, 1.165) is 36.8 Å². The molecule has 1 fully saturated rings. The van der Waals surface area contributed by atoms with Crippen LogP contribution in [0.1, 0.15) is 5.56 Å². The van der Waals surface area contributed by atoms with Gasteiger partial charge in [0.1, 0.15) is 5.75 Å². The Kier molecular flexibility index (Phi) is 4.49. The van der Waals surface area contributed by atoms with E-state index in [4.69, 9.17) is 11.6 Å². The highest BCUT2D eigenvalue weighted by Crippen LogP contribution is 2.19. The van der Waals surface area contributed by atoms with Crippen LogP contribution in [0.25, 0.3) is 0 Å². The number of phenolic OH excluding ortho intramolecular Hbond substituents is 1. The number of nitrogens with zero attached hydrogens (tertiary/aromatic N) is 3. The zero-order chi connectivity index (χ0) is 15.4. The maximum absolute atomic E-state index is 9.44. The number of anilines is 1. The molecule has 0 saturated carbocycles. The van der Waals surface area contributed by atoms with Crippen molar-refractivity contribution in [2.45, 2.75) is 0 Å². The summed E-state index contributed by atoms with van der Waals surface area (Å²) in [6, 6.07) is 15.0. The number of hydrazone groups is 1. The maximum atomic E-state index is 9.44. The minimum Gasteiger partial charge on any atom is -0.508 e. The van der Waals surface area contributed by atoms with E-state index in [1.807, 2.05) is 36.4 Å². The van der Waals surface area contributed by atoms with Gasteiger partial charge in [0.25, 0.3) is 0 Å². The Balaban J connectivity index is 1.56. The van der Waals surface area contributed by atoms with E-state index in [1.165, 1.54) is 5.69 Å². The van der Waals surface area contributed by atoms with Gasteiger partial charge in [0.05, 0.1) is 19.3 Å². The number of piperazine rings is 1. The fraction of sp³-hybridized carbons (Fsp3) is 0.235. The summed E-state index contributed by atoms with van der Waals surface area (Å²) in [7, 11) is 0. The van der Waals surface area contributed by atoms with Gasteiger partial charge in [-0.3, -0.25) is 5.01 Å². The Morgan fingerprint density at radius 1 is 1.00 bits per heavy atom. The fourth-order valence-electron chi connectivity index (χ4n) is 2.47. The molecule has 0 bridgehead atoms. The second kappa shape index (κ2) is 6.71. The molecule has 2 aromatic carbocycles. The second-order valence-electron chi connectivity index (χ2n) is 5.26. The van der Waals surface area contributed by atoms with Crippen LogP contribution in [0.5, 0.6) is 5.75 Å². The topological polar surface area (TPSA) is 39.1 Å². The lowest BCUT2D eigenvalue weighted by Crippen LogP contribution is -2.44. The average molecular weight is 316 g/mol. The first-order valence-corrected chi connectivity index (χ1v) is 7.67. The van der Waals surface area contributed by atoms with Gasteiger partial charge in [0.2, 0.25) is 0 Å². The zero-order valence-corrected chi connectivity index (χ0v) is 12.9. The Morgan fingerprint density at radius 3 is 2.41 bits per heavy atom. The van der Waals surface area contributed by atoms with E-state index < -0.39 is 0 Å². The van der Waals surface area contributed by atoms with E-state index >= 15 is 0 Å². The van der Waals surface area contributed by atoms with Crippen molar-refractivity contribution in [3.05, 3.63) is 59.1 Å². The van der Waals surface area contributed by atoms with Crippen LogP contribution in [-0.4, -0.2) is 42.5 Å². The van der Waals surface area contributed by atoms with E-state index in [-0.39, 0.29) is 5.75 Å². The van der Waals surface area contributed by atoms with Gasteiger partial charge in [-0.15, -0.1) is 0 Å². The summed E-state index contributed by atoms with van der Waals surface area (Å²) in [5.74, 6) is 0.261. The molecule has 0 unspecified atom stereocenters. The third-order valence-electron chi connectivity index (χ3n) is 3.69. The molecular formula is C17H18ClN3O. The van der Waals surface area contributed by atoms with Gasteiger partial charge in [-0.05, 0) is 42.0 Å². The smallest absolute Gasteiger partial charge is 0.116 e. The summed E-state index contributed by atoms with van der Waals surface area (Å²) in [6.07, 6.45) is 1.79. The molecule has 2 aromatic rings. The van der Waals surface area contributed by atoms with Gasteiger partial charge in [-0.25, -0.2) is 0 Å². The first-order valence-electron chi connectivity index (χ1n) is 7.29. The van der Waals surface area contributed by atoms with E-state index in [1.54, 1.807) is 18.3 Å². The van der Waals surface area contributed by atoms with Crippen molar-refractivity contribution < 1.29 is 5.11 Å². The molecule has 1 heterocycles. The Labute approximate surface area is 135 Å². The number of benzene rings is 2. The molecule has 0 radical (unpaired) electrons. The van der Waals surface area contributed by atoms with Crippen molar-refractivity contribution >= 4 is 23.5 Å². The Hall–Kier alpha value is -2.20. The quantitative estimate of drug-likeness (QED) is 0.884. The lowest BCUT2D eigenvalue weighted by molar-refractivity contribution is 0.272. The molecular weight excluding hydrogens is 298 g/mol. The largest absolute Gasteiger partial charge is 0.508 e. The summed E-state index contributed by atoms with van der Waals surface area (Å²) in [6.45, 7) is 3.61. The summed E-state index contributed by atoms with van der Waals surface area (Å²) in [5.41, 5.74) is 2.10. The third kappa shape index (κ3) is 3.71. The first kappa shape index (κ1) is 14.7. The highest BCUT2D eigenvalue weighted by Gasteiger charge is 2.15. The molecule has 0 amide bonds. The van der Waals surface area contributed by atoms with Crippen molar-refractivity contribution in [3.63, 3.8) is 0 Å². The lowest BCUT2D eigenvalue weighted by atomic mass is 10.2. The van der Waals surface area contributed by atoms with Gasteiger partial charge in [0, 0.05) is 23.8 Å². The summed E-state index contributed by atoms with van der Waals surface area (Å²) < 4.78 is 0. The average Bonchev–Trinajstić information content (AvgIpc) is 2.54. The predicted molar refractivity (Wildman–Crippen MR) is 90.9 cm³/mol. The van der Waals surface area contributed by atoms with Crippen LogP contribution < -0.4 is 4.90 Å². The molecule has 0 spiro atoms. The van der Waals surface area contributed by atoms with Crippen LogP contribution in [0.2, 0.25) is 5.02 Å².